The molecule has 0 aliphatic carbocycles. The third-order valence-electron chi connectivity index (χ3n) is 5.33. The number of hydrogen-bond acceptors (Lipinski definition) is 5. The van der Waals surface area contributed by atoms with Crippen LogP contribution in [-0.4, -0.2) is 31.0 Å². The maximum atomic E-state index is 13.7. The van der Waals surface area contributed by atoms with Crippen molar-refractivity contribution in [2.24, 2.45) is 0 Å². The van der Waals surface area contributed by atoms with Gasteiger partial charge in [-0.2, -0.15) is 8.78 Å². The minimum atomic E-state index is -3.85. The summed E-state index contributed by atoms with van der Waals surface area (Å²) in [6.45, 7) is -1.42. The largest absolute Gasteiger partial charge is 0.451 e. The van der Waals surface area contributed by atoms with E-state index in [1.54, 1.807) is 48.5 Å². The fourth-order valence-electron chi connectivity index (χ4n) is 3.53. The average molecular weight is 486 g/mol. The number of nitrogens with zero attached hydrogens (tertiary/aromatic N) is 3. The van der Waals surface area contributed by atoms with Crippen LogP contribution in [0.15, 0.2) is 83.8 Å². The minimum absolute atomic E-state index is 0.0112. The smallest absolute Gasteiger partial charge is 0.338 e. The number of sulfonamides is 1. The van der Waals surface area contributed by atoms with E-state index in [1.807, 2.05) is 0 Å². The molecule has 34 heavy (non-hydrogen) atoms. The fraction of sp³-hybridized carbons (Fsp3) is 0.167. The molecule has 0 radical (unpaired) electrons. The van der Waals surface area contributed by atoms with Crippen LogP contribution in [0.2, 0.25) is 0 Å². The third kappa shape index (κ3) is 4.36. The summed E-state index contributed by atoms with van der Waals surface area (Å²) in [4.78, 5) is 16.8. The number of ether oxygens (including phenoxy) is 1. The summed E-state index contributed by atoms with van der Waals surface area (Å²) in [6, 6.07) is 20.2. The molecule has 0 bridgehead atoms. The normalized spacial score (nSPS) is 12.6. The van der Waals surface area contributed by atoms with Crippen molar-refractivity contribution in [3.05, 3.63) is 90.3 Å². The molecule has 1 aromatic heterocycles. The number of imidazole rings is 1. The van der Waals surface area contributed by atoms with Gasteiger partial charge in [0.05, 0.1) is 27.2 Å². The van der Waals surface area contributed by atoms with Crippen LogP contribution in [0.25, 0.3) is 11.0 Å². The van der Waals surface area contributed by atoms with Crippen molar-refractivity contribution in [1.82, 2.24) is 9.55 Å². The standard InChI is InChI=1S/C24H21F2N3O4S/c1-16(22-27-20-10-6-7-11-21(20)29(22)24(25)26)33-23(30)17-12-14-19(15-13-17)34(31,32)28(2)18-8-4-3-5-9-18/h3-16,24H,1-2H3. The van der Waals surface area contributed by atoms with Gasteiger partial charge in [-0.15, -0.1) is 0 Å². The zero-order valence-corrected chi connectivity index (χ0v) is 19.1. The number of rotatable bonds is 7. The Morgan fingerprint density at radius 2 is 1.59 bits per heavy atom. The SMILES string of the molecule is CC(OC(=O)c1ccc(S(=O)(=O)N(C)c2ccccc2)cc1)c1nc2ccccc2n1C(F)F. The summed E-state index contributed by atoms with van der Waals surface area (Å²) in [6.07, 6.45) is -1.07. The molecule has 0 N–H and O–H groups in total. The second kappa shape index (κ2) is 9.22. The van der Waals surface area contributed by atoms with Crippen LogP contribution in [0, 0.1) is 0 Å². The summed E-state index contributed by atoms with van der Waals surface area (Å²) < 4.78 is 60.4. The molecular formula is C24H21F2N3O4S. The van der Waals surface area contributed by atoms with E-state index in [-0.39, 0.29) is 21.8 Å². The molecule has 0 amide bonds. The number of hydrogen-bond donors (Lipinski definition) is 0. The highest BCUT2D eigenvalue weighted by Gasteiger charge is 2.26. The van der Waals surface area contributed by atoms with Crippen LogP contribution >= 0.6 is 0 Å². The Labute approximate surface area is 195 Å². The lowest BCUT2D eigenvalue weighted by molar-refractivity contribution is 0.0233. The van der Waals surface area contributed by atoms with Crippen LogP contribution in [0.4, 0.5) is 14.5 Å². The van der Waals surface area contributed by atoms with E-state index >= 15 is 0 Å². The molecule has 1 unspecified atom stereocenters. The first-order chi connectivity index (χ1) is 16.2. The number of carbonyl (C=O) groups excluding carboxylic acids is 1. The van der Waals surface area contributed by atoms with Gasteiger partial charge in [-0.3, -0.25) is 8.87 Å². The summed E-state index contributed by atoms with van der Waals surface area (Å²) in [7, 11) is -2.41. The van der Waals surface area contributed by atoms with E-state index in [0.29, 0.717) is 11.2 Å². The van der Waals surface area contributed by atoms with Crippen molar-refractivity contribution in [3.8, 4) is 0 Å². The lowest BCUT2D eigenvalue weighted by Gasteiger charge is -2.19. The third-order valence-corrected chi connectivity index (χ3v) is 7.13. The summed E-state index contributed by atoms with van der Waals surface area (Å²) in [5.41, 5.74) is 1.15. The summed E-state index contributed by atoms with van der Waals surface area (Å²) in [5, 5.41) is 0. The molecular weight excluding hydrogens is 464 g/mol. The highest BCUT2D eigenvalue weighted by atomic mass is 32.2. The van der Waals surface area contributed by atoms with Gasteiger partial charge < -0.3 is 4.74 Å². The molecule has 1 heterocycles. The van der Waals surface area contributed by atoms with Gasteiger partial charge in [0.1, 0.15) is 0 Å². The fourth-order valence-corrected chi connectivity index (χ4v) is 4.73. The number of aromatic nitrogens is 2. The van der Waals surface area contributed by atoms with E-state index < -0.39 is 28.6 Å². The van der Waals surface area contributed by atoms with E-state index in [1.165, 1.54) is 44.3 Å². The number of halogens is 2. The number of alkyl halides is 2. The Morgan fingerprint density at radius 1 is 0.971 bits per heavy atom. The molecule has 4 rings (SSSR count). The quantitative estimate of drug-likeness (QED) is 0.337. The highest BCUT2D eigenvalue weighted by molar-refractivity contribution is 7.92. The highest BCUT2D eigenvalue weighted by Crippen LogP contribution is 2.29. The van der Waals surface area contributed by atoms with Crippen molar-refractivity contribution >= 4 is 32.7 Å². The zero-order chi connectivity index (χ0) is 24.5. The Kier molecular flexibility index (Phi) is 6.34. The van der Waals surface area contributed by atoms with E-state index in [4.69, 9.17) is 4.74 Å². The first kappa shape index (κ1) is 23.4. The van der Waals surface area contributed by atoms with E-state index in [9.17, 15) is 22.0 Å². The monoisotopic (exact) mass is 485 g/mol. The van der Waals surface area contributed by atoms with Gasteiger partial charge in [-0.05, 0) is 55.5 Å². The van der Waals surface area contributed by atoms with Crippen LogP contribution in [-0.2, 0) is 14.8 Å². The molecule has 1 atom stereocenters. The molecule has 0 fully saturated rings. The summed E-state index contributed by atoms with van der Waals surface area (Å²) >= 11 is 0. The Morgan fingerprint density at radius 3 is 2.24 bits per heavy atom. The molecule has 0 aliphatic heterocycles. The second-order valence-electron chi connectivity index (χ2n) is 7.49. The number of benzene rings is 3. The first-order valence-electron chi connectivity index (χ1n) is 10.3. The molecule has 0 aliphatic rings. The van der Waals surface area contributed by atoms with Crippen LogP contribution in [0.5, 0.6) is 0 Å². The van der Waals surface area contributed by atoms with Crippen LogP contribution in [0.1, 0.15) is 35.8 Å². The minimum Gasteiger partial charge on any atom is -0.451 e. The lowest BCUT2D eigenvalue weighted by Crippen LogP contribution is -2.26. The van der Waals surface area contributed by atoms with E-state index in [2.05, 4.69) is 4.98 Å². The van der Waals surface area contributed by atoms with Crippen LogP contribution < -0.4 is 4.31 Å². The molecule has 3 aromatic carbocycles. The van der Waals surface area contributed by atoms with Gasteiger partial charge >= 0.3 is 12.5 Å². The van der Waals surface area contributed by atoms with Gasteiger partial charge in [0, 0.05) is 7.05 Å². The second-order valence-corrected chi connectivity index (χ2v) is 9.46. The Hall–Kier alpha value is -3.79. The Balaban J connectivity index is 1.54. The van der Waals surface area contributed by atoms with Gasteiger partial charge in [0.15, 0.2) is 11.9 Å². The van der Waals surface area contributed by atoms with Crippen molar-refractivity contribution in [2.45, 2.75) is 24.5 Å². The zero-order valence-electron chi connectivity index (χ0n) is 18.3. The maximum absolute atomic E-state index is 13.7. The van der Waals surface area contributed by atoms with Gasteiger partial charge in [-0.25, -0.2) is 18.2 Å². The number of para-hydroxylation sites is 3. The maximum Gasteiger partial charge on any atom is 0.338 e. The molecule has 0 spiro atoms. The van der Waals surface area contributed by atoms with Crippen molar-refractivity contribution in [3.63, 3.8) is 0 Å². The Bertz CT molecular complexity index is 1420. The van der Waals surface area contributed by atoms with E-state index in [0.717, 1.165) is 8.87 Å². The first-order valence-corrected chi connectivity index (χ1v) is 11.7. The molecule has 10 heteroatoms. The number of esters is 1. The predicted molar refractivity (Wildman–Crippen MR) is 123 cm³/mol. The number of fused-ring (bicyclic) bond motifs is 1. The molecule has 0 saturated carbocycles. The molecule has 0 saturated heterocycles. The van der Waals surface area contributed by atoms with Gasteiger partial charge in [0.2, 0.25) is 0 Å². The van der Waals surface area contributed by atoms with Gasteiger partial charge in [-0.1, -0.05) is 30.3 Å². The van der Waals surface area contributed by atoms with Crippen LogP contribution in [0.3, 0.4) is 0 Å². The predicted octanol–water partition coefficient (Wildman–Crippen LogP) is 5.17. The number of anilines is 1. The van der Waals surface area contributed by atoms with Crippen molar-refractivity contribution in [2.75, 3.05) is 11.4 Å². The van der Waals surface area contributed by atoms with Crippen molar-refractivity contribution < 1.29 is 26.7 Å². The van der Waals surface area contributed by atoms with Crippen molar-refractivity contribution in [1.29, 1.82) is 0 Å². The summed E-state index contributed by atoms with van der Waals surface area (Å²) in [5.74, 6) is -0.881. The molecule has 176 valence electrons. The average Bonchev–Trinajstić information content (AvgIpc) is 3.24. The topological polar surface area (TPSA) is 81.5 Å². The lowest BCUT2D eigenvalue weighted by atomic mass is 10.2. The number of carbonyl (C=O) groups is 1. The molecule has 4 aromatic rings. The molecule has 7 nitrogen and oxygen atoms in total. The van der Waals surface area contributed by atoms with Gasteiger partial charge in [0.25, 0.3) is 10.0 Å².